The van der Waals surface area contributed by atoms with Gasteiger partial charge in [-0.1, -0.05) is 12.1 Å². The van der Waals surface area contributed by atoms with E-state index in [1.165, 1.54) is 30.5 Å². The number of non-ortho nitro benzene ring substituents is 1. The van der Waals surface area contributed by atoms with Gasteiger partial charge in [0.15, 0.2) is 5.69 Å². The number of aromatic nitrogens is 3. The summed E-state index contributed by atoms with van der Waals surface area (Å²) in [6.07, 6.45) is -4.11. The third kappa shape index (κ3) is 3.71. The van der Waals surface area contributed by atoms with E-state index in [9.17, 15) is 28.1 Å². The Bertz CT molecular complexity index is 1040. The molecule has 0 unspecified atom stereocenters. The van der Waals surface area contributed by atoms with Crippen LogP contribution >= 0.6 is 11.3 Å². The van der Waals surface area contributed by atoms with Gasteiger partial charge in [0.05, 0.1) is 23.4 Å². The standard InChI is InChI=1S/C16H11F3N4O4S/c1-2-27-14(24)11-7-20-22(13(11)16(17,18)19)15-21-12(8-28-15)9-4-3-5-10(6-9)23(25)26/h3-8H,2H2,1H3. The monoisotopic (exact) mass is 412 g/mol. The van der Waals surface area contributed by atoms with Gasteiger partial charge in [-0.3, -0.25) is 10.1 Å². The van der Waals surface area contributed by atoms with Crippen LogP contribution in [0.25, 0.3) is 16.4 Å². The molecule has 3 aromatic rings. The van der Waals surface area contributed by atoms with E-state index in [2.05, 4.69) is 14.8 Å². The van der Waals surface area contributed by atoms with Crippen molar-refractivity contribution in [1.29, 1.82) is 0 Å². The van der Waals surface area contributed by atoms with Crippen LogP contribution in [0.4, 0.5) is 18.9 Å². The number of esters is 1. The first-order valence-electron chi connectivity index (χ1n) is 7.75. The molecule has 12 heteroatoms. The Labute approximate surface area is 159 Å². The minimum absolute atomic E-state index is 0.0878. The number of halogens is 3. The fourth-order valence-electron chi connectivity index (χ4n) is 2.40. The summed E-state index contributed by atoms with van der Waals surface area (Å²) in [7, 11) is 0. The highest BCUT2D eigenvalue weighted by Crippen LogP contribution is 2.35. The first kappa shape index (κ1) is 19.5. The van der Waals surface area contributed by atoms with Crippen molar-refractivity contribution >= 4 is 23.0 Å². The average Bonchev–Trinajstić information content (AvgIpc) is 3.28. The average molecular weight is 412 g/mol. The molecule has 0 saturated heterocycles. The number of nitrogens with zero attached hydrogens (tertiary/aromatic N) is 4. The first-order chi connectivity index (χ1) is 13.2. The molecule has 0 aliphatic rings. The van der Waals surface area contributed by atoms with Crippen LogP contribution in [-0.2, 0) is 10.9 Å². The number of hydrogen-bond donors (Lipinski definition) is 0. The van der Waals surface area contributed by atoms with E-state index in [-0.39, 0.29) is 23.1 Å². The molecule has 0 amide bonds. The molecule has 28 heavy (non-hydrogen) atoms. The van der Waals surface area contributed by atoms with Crippen molar-refractivity contribution in [2.24, 2.45) is 0 Å². The molecule has 0 atom stereocenters. The maximum atomic E-state index is 13.5. The molecule has 0 radical (unpaired) electrons. The van der Waals surface area contributed by atoms with E-state index < -0.39 is 28.3 Å². The van der Waals surface area contributed by atoms with Crippen molar-refractivity contribution in [2.45, 2.75) is 13.1 Å². The lowest BCUT2D eigenvalue weighted by atomic mass is 10.1. The highest BCUT2D eigenvalue weighted by Gasteiger charge is 2.41. The number of nitro groups is 1. The van der Waals surface area contributed by atoms with Crippen molar-refractivity contribution in [3.05, 3.63) is 57.2 Å². The van der Waals surface area contributed by atoms with Crippen molar-refractivity contribution < 1.29 is 27.6 Å². The van der Waals surface area contributed by atoms with Crippen LogP contribution < -0.4 is 0 Å². The molecule has 0 fully saturated rings. The molecule has 1 aromatic carbocycles. The van der Waals surface area contributed by atoms with Gasteiger partial charge in [0, 0.05) is 23.1 Å². The van der Waals surface area contributed by atoms with E-state index in [0.717, 1.165) is 17.5 Å². The summed E-state index contributed by atoms with van der Waals surface area (Å²) >= 11 is 0.848. The van der Waals surface area contributed by atoms with Crippen molar-refractivity contribution in [3.8, 4) is 16.4 Å². The van der Waals surface area contributed by atoms with Gasteiger partial charge in [0.2, 0.25) is 5.13 Å². The fraction of sp³-hybridized carbons (Fsp3) is 0.188. The third-order valence-electron chi connectivity index (χ3n) is 3.56. The summed E-state index contributed by atoms with van der Waals surface area (Å²) in [6, 6.07) is 5.54. The van der Waals surface area contributed by atoms with E-state index in [0.29, 0.717) is 10.2 Å². The van der Waals surface area contributed by atoms with Gasteiger partial charge >= 0.3 is 12.1 Å². The molecule has 2 heterocycles. The molecule has 0 saturated carbocycles. The largest absolute Gasteiger partial charge is 0.462 e. The molecular formula is C16H11F3N4O4S. The van der Waals surface area contributed by atoms with Crippen LogP contribution in [0.15, 0.2) is 35.8 Å². The summed E-state index contributed by atoms with van der Waals surface area (Å²) in [5.41, 5.74) is -1.59. The highest BCUT2D eigenvalue weighted by molar-refractivity contribution is 7.12. The maximum Gasteiger partial charge on any atom is 0.434 e. The van der Waals surface area contributed by atoms with Crippen LogP contribution in [0, 0.1) is 10.1 Å². The lowest BCUT2D eigenvalue weighted by Gasteiger charge is -2.10. The van der Waals surface area contributed by atoms with Gasteiger partial charge in [-0.25, -0.2) is 14.5 Å². The second-order valence-electron chi connectivity index (χ2n) is 5.36. The Morgan fingerprint density at radius 3 is 2.79 bits per heavy atom. The molecular weight excluding hydrogens is 401 g/mol. The normalized spacial score (nSPS) is 11.4. The number of rotatable bonds is 5. The predicted molar refractivity (Wildman–Crippen MR) is 92.3 cm³/mol. The van der Waals surface area contributed by atoms with E-state index in [4.69, 9.17) is 0 Å². The SMILES string of the molecule is CCOC(=O)c1cnn(-c2nc(-c3cccc([N+](=O)[O-])c3)cs2)c1C(F)(F)F. The van der Waals surface area contributed by atoms with E-state index in [1.54, 1.807) is 6.07 Å². The molecule has 0 N–H and O–H groups in total. The molecule has 0 spiro atoms. The zero-order valence-electron chi connectivity index (χ0n) is 14.1. The molecule has 8 nitrogen and oxygen atoms in total. The number of ether oxygens (including phenoxy) is 1. The number of thiazole rings is 1. The highest BCUT2D eigenvalue weighted by atomic mass is 32.1. The summed E-state index contributed by atoms with van der Waals surface area (Å²) in [5.74, 6) is -1.14. The summed E-state index contributed by atoms with van der Waals surface area (Å²) in [4.78, 5) is 26.2. The molecule has 2 aromatic heterocycles. The Hall–Kier alpha value is -3.28. The minimum Gasteiger partial charge on any atom is -0.462 e. The number of nitro benzene ring substituents is 1. The Kier molecular flexibility index (Phi) is 5.14. The minimum atomic E-state index is -4.88. The first-order valence-corrected chi connectivity index (χ1v) is 8.63. The summed E-state index contributed by atoms with van der Waals surface area (Å²) in [5, 5.41) is 15.8. The number of benzene rings is 1. The van der Waals surface area contributed by atoms with Crippen LogP contribution in [0.3, 0.4) is 0 Å². The van der Waals surface area contributed by atoms with Crippen LogP contribution in [0.5, 0.6) is 0 Å². The van der Waals surface area contributed by atoms with Gasteiger partial charge in [-0.15, -0.1) is 11.3 Å². The fourth-order valence-corrected chi connectivity index (χ4v) is 3.19. The van der Waals surface area contributed by atoms with Gasteiger partial charge < -0.3 is 4.74 Å². The van der Waals surface area contributed by atoms with Crippen molar-refractivity contribution in [3.63, 3.8) is 0 Å². The van der Waals surface area contributed by atoms with Crippen LogP contribution in [0.1, 0.15) is 23.0 Å². The Morgan fingerprint density at radius 2 is 2.14 bits per heavy atom. The second kappa shape index (κ2) is 7.38. The molecule has 3 rings (SSSR count). The summed E-state index contributed by atoms with van der Waals surface area (Å²) in [6.45, 7) is 1.39. The maximum absolute atomic E-state index is 13.5. The van der Waals surface area contributed by atoms with Crippen molar-refractivity contribution in [2.75, 3.05) is 6.61 Å². The molecule has 0 aliphatic heterocycles. The third-order valence-corrected chi connectivity index (χ3v) is 4.38. The lowest BCUT2D eigenvalue weighted by Crippen LogP contribution is -2.18. The zero-order valence-corrected chi connectivity index (χ0v) is 15.0. The number of carbonyl (C=O) groups is 1. The topological polar surface area (TPSA) is 100 Å². The van der Waals surface area contributed by atoms with Gasteiger partial charge in [0.25, 0.3) is 5.69 Å². The molecule has 146 valence electrons. The smallest absolute Gasteiger partial charge is 0.434 e. The predicted octanol–water partition coefficient (Wildman–Crippen LogP) is 4.10. The van der Waals surface area contributed by atoms with Gasteiger partial charge in [-0.2, -0.15) is 18.3 Å². The summed E-state index contributed by atoms with van der Waals surface area (Å²) < 4.78 is 45.8. The lowest BCUT2D eigenvalue weighted by molar-refractivity contribution is -0.384. The van der Waals surface area contributed by atoms with E-state index in [1.807, 2.05) is 0 Å². The second-order valence-corrected chi connectivity index (χ2v) is 6.20. The van der Waals surface area contributed by atoms with E-state index >= 15 is 0 Å². The Morgan fingerprint density at radius 1 is 1.39 bits per heavy atom. The van der Waals surface area contributed by atoms with Crippen LogP contribution in [-0.4, -0.2) is 32.3 Å². The zero-order chi connectivity index (χ0) is 20.5. The number of carbonyl (C=O) groups excluding carboxylic acids is 1. The van der Waals surface area contributed by atoms with Gasteiger partial charge in [-0.05, 0) is 6.92 Å². The van der Waals surface area contributed by atoms with Crippen molar-refractivity contribution in [1.82, 2.24) is 14.8 Å². The molecule has 0 bridgehead atoms. The number of hydrogen-bond acceptors (Lipinski definition) is 7. The Balaban J connectivity index is 2.05. The number of alkyl halides is 3. The van der Waals surface area contributed by atoms with Gasteiger partial charge in [0.1, 0.15) is 5.56 Å². The molecule has 0 aliphatic carbocycles. The van der Waals surface area contributed by atoms with Crippen LogP contribution in [0.2, 0.25) is 0 Å². The quantitative estimate of drug-likeness (QED) is 0.355.